The molecule has 1 fully saturated rings. The zero-order valence-corrected chi connectivity index (χ0v) is 25.3. The lowest BCUT2D eigenvalue weighted by Crippen LogP contribution is -2.38. The van der Waals surface area contributed by atoms with Crippen LogP contribution >= 0.6 is 23.4 Å². The second-order valence-corrected chi connectivity index (χ2v) is 12.2. The van der Waals surface area contributed by atoms with Gasteiger partial charge in [0.25, 0.3) is 0 Å². The monoisotopic (exact) mass is 595 g/mol. The van der Waals surface area contributed by atoms with Crippen LogP contribution in [0.2, 0.25) is 5.02 Å². The van der Waals surface area contributed by atoms with E-state index in [2.05, 4.69) is 0 Å². The first-order valence-electron chi connectivity index (χ1n) is 13.3. The lowest BCUT2D eigenvalue weighted by molar-refractivity contribution is -0.152. The van der Waals surface area contributed by atoms with Gasteiger partial charge in [-0.15, -0.1) is 11.8 Å². The van der Waals surface area contributed by atoms with E-state index in [1.165, 1.54) is 13.8 Å². The molecular formula is C32H34ClNO6S. The fourth-order valence-corrected chi connectivity index (χ4v) is 5.60. The average molecular weight is 596 g/mol. The predicted octanol–water partition coefficient (Wildman–Crippen LogP) is 7.41. The summed E-state index contributed by atoms with van der Waals surface area (Å²) in [6.07, 6.45) is 1.75. The molecule has 0 aromatic heterocycles. The van der Waals surface area contributed by atoms with E-state index in [-0.39, 0.29) is 24.0 Å². The van der Waals surface area contributed by atoms with Gasteiger partial charge in [0.2, 0.25) is 0 Å². The molecule has 0 spiro atoms. The van der Waals surface area contributed by atoms with Crippen molar-refractivity contribution in [2.24, 2.45) is 5.92 Å². The second-order valence-electron chi connectivity index (χ2n) is 10.9. The molecule has 1 saturated heterocycles. The number of benzene rings is 3. The van der Waals surface area contributed by atoms with Crippen LogP contribution in [0.15, 0.2) is 65.6 Å². The Labute approximate surface area is 249 Å². The number of hydrogen-bond acceptors (Lipinski definition) is 6. The maximum atomic E-state index is 13.4. The number of carbonyl (C=O) groups is 3. The smallest absolute Gasteiger partial charge is 0.415 e. The summed E-state index contributed by atoms with van der Waals surface area (Å²) in [5.41, 5.74) is 1.77. The highest BCUT2D eigenvalue weighted by atomic mass is 35.5. The van der Waals surface area contributed by atoms with Crippen LogP contribution in [-0.2, 0) is 4.79 Å². The van der Waals surface area contributed by atoms with Crippen molar-refractivity contribution in [2.75, 3.05) is 19.3 Å². The lowest BCUT2D eigenvalue weighted by atomic mass is 9.83. The number of thioether (sulfide) groups is 1. The molecule has 3 aromatic carbocycles. The molecule has 0 unspecified atom stereocenters. The minimum atomic E-state index is -1.40. The van der Waals surface area contributed by atoms with Crippen LogP contribution in [0.4, 0.5) is 4.79 Å². The van der Waals surface area contributed by atoms with Gasteiger partial charge in [-0.3, -0.25) is 4.79 Å². The van der Waals surface area contributed by atoms with Crippen LogP contribution in [0.5, 0.6) is 11.5 Å². The molecule has 9 heteroatoms. The van der Waals surface area contributed by atoms with Gasteiger partial charge in [-0.05, 0) is 93.0 Å². The van der Waals surface area contributed by atoms with Crippen molar-refractivity contribution in [1.82, 2.24) is 4.90 Å². The number of ether oxygens (including phenoxy) is 2. The molecule has 0 saturated carbocycles. The lowest BCUT2D eigenvalue weighted by Gasteiger charge is -2.26. The topological polar surface area (TPSA) is 93.1 Å². The van der Waals surface area contributed by atoms with Crippen LogP contribution in [0.3, 0.4) is 0 Å². The highest BCUT2D eigenvalue weighted by molar-refractivity contribution is 7.98. The number of likely N-dealkylation sites (tertiary alicyclic amines) is 1. The molecule has 0 aliphatic carbocycles. The Bertz CT molecular complexity index is 1410. The van der Waals surface area contributed by atoms with Gasteiger partial charge in [-0.1, -0.05) is 35.9 Å². The van der Waals surface area contributed by atoms with Gasteiger partial charge < -0.3 is 19.5 Å². The number of carboxylic acid groups (broad SMARTS) is 1. The Morgan fingerprint density at radius 3 is 2.17 bits per heavy atom. The molecular weight excluding hydrogens is 562 g/mol. The summed E-state index contributed by atoms with van der Waals surface area (Å²) in [5, 5.41) is 10.1. The molecule has 0 bridgehead atoms. The summed E-state index contributed by atoms with van der Waals surface area (Å²) in [4.78, 5) is 40.9. The molecule has 216 valence electrons. The molecule has 1 aliphatic heterocycles. The normalized spacial score (nSPS) is 16.9. The van der Waals surface area contributed by atoms with Gasteiger partial charge in [0.05, 0.1) is 0 Å². The summed E-state index contributed by atoms with van der Waals surface area (Å²) in [7, 11) is 0. The number of rotatable bonds is 9. The summed E-state index contributed by atoms with van der Waals surface area (Å²) < 4.78 is 11.5. The van der Waals surface area contributed by atoms with Crippen molar-refractivity contribution < 1.29 is 29.0 Å². The average Bonchev–Trinajstić information content (AvgIpc) is 3.35. The number of amides is 1. The third-order valence-electron chi connectivity index (χ3n) is 7.36. The second kappa shape index (κ2) is 12.6. The molecule has 1 N–H and O–H groups in total. The number of hydrogen-bond donors (Lipinski definition) is 1. The Kier molecular flexibility index (Phi) is 9.34. The number of ketones is 1. The quantitative estimate of drug-likeness (QED) is 0.203. The number of nitrogens with zero attached hydrogens (tertiary/aromatic N) is 1. The van der Waals surface area contributed by atoms with Gasteiger partial charge in [0, 0.05) is 40.9 Å². The number of Topliss-reactive ketones (excluding diaryl/α,β-unsaturated/α-hetero) is 1. The Morgan fingerprint density at radius 1 is 1.00 bits per heavy atom. The van der Waals surface area contributed by atoms with Crippen molar-refractivity contribution in [3.8, 4) is 11.5 Å². The van der Waals surface area contributed by atoms with Crippen molar-refractivity contribution in [3.63, 3.8) is 0 Å². The highest BCUT2D eigenvalue weighted by Crippen LogP contribution is 2.39. The number of halogens is 1. The Morgan fingerprint density at radius 2 is 1.61 bits per heavy atom. The maximum Gasteiger partial charge on any atom is 0.415 e. The Balaban J connectivity index is 1.61. The summed E-state index contributed by atoms with van der Waals surface area (Å²) in [5.74, 6) is -0.437. The molecule has 1 aliphatic rings. The van der Waals surface area contributed by atoms with Gasteiger partial charge in [0.15, 0.2) is 11.4 Å². The fourth-order valence-electron chi connectivity index (χ4n) is 5.06. The molecule has 1 heterocycles. The number of carbonyl (C=O) groups excluding carboxylic acids is 2. The van der Waals surface area contributed by atoms with Gasteiger partial charge in [-0.2, -0.15) is 0 Å². The van der Waals surface area contributed by atoms with Crippen LogP contribution in [0, 0.1) is 19.8 Å². The van der Waals surface area contributed by atoms with E-state index in [4.69, 9.17) is 21.1 Å². The molecule has 4 rings (SSSR count). The number of aryl methyl sites for hydroxylation is 2. The SMILES string of the molecule is CSc1ccc(C(=O)C[C@@H]2CN(C(=O)Oc3ccc(Cl)cc3)C[C@H]2c2cc(C)c(OC(C)(C)C(=O)O)c(C)c2)cc1. The largest absolute Gasteiger partial charge is 0.478 e. The number of carboxylic acids is 1. The summed E-state index contributed by atoms with van der Waals surface area (Å²) >= 11 is 7.58. The van der Waals surface area contributed by atoms with E-state index < -0.39 is 17.7 Å². The van der Waals surface area contributed by atoms with Crippen molar-refractivity contribution >= 4 is 41.2 Å². The van der Waals surface area contributed by atoms with Crippen LogP contribution in [0.1, 0.15) is 53.2 Å². The maximum absolute atomic E-state index is 13.4. The van der Waals surface area contributed by atoms with Crippen LogP contribution in [-0.4, -0.2) is 52.8 Å². The first-order chi connectivity index (χ1) is 19.4. The molecule has 3 aromatic rings. The van der Waals surface area contributed by atoms with Gasteiger partial charge in [-0.25, -0.2) is 9.59 Å². The van der Waals surface area contributed by atoms with Gasteiger partial charge in [0.1, 0.15) is 11.5 Å². The van der Waals surface area contributed by atoms with E-state index in [0.717, 1.165) is 21.6 Å². The minimum absolute atomic E-state index is 0.0113. The van der Waals surface area contributed by atoms with E-state index in [1.54, 1.807) is 40.9 Å². The molecule has 1 amide bonds. The zero-order chi connectivity index (χ0) is 29.9. The van der Waals surface area contributed by atoms with E-state index in [1.807, 2.05) is 56.5 Å². The van der Waals surface area contributed by atoms with Crippen molar-refractivity contribution in [1.29, 1.82) is 0 Å². The van der Waals surface area contributed by atoms with E-state index in [0.29, 0.717) is 35.2 Å². The standard InChI is InChI=1S/C32H34ClNO6S/c1-19-14-22(15-20(2)29(19)40-32(3,4)30(36)37)27-18-34(31(38)39-25-10-8-24(33)9-11-25)17-23(27)16-28(35)21-6-12-26(41-5)13-7-21/h6-15,23,27H,16-18H2,1-5H3,(H,36,37)/t23-,27+/m1/s1. The third-order valence-corrected chi connectivity index (χ3v) is 8.36. The molecule has 0 radical (unpaired) electrons. The first-order valence-corrected chi connectivity index (χ1v) is 14.9. The number of aliphatic carboxylic acids is 1. The molecule has 41 heavy (non-hydrogen) atoms. The predicted molar refractivity (Wildman–Crippen MR) is 161 cm³/mol. The van der Waals surface area contributed by atoms with Crippen LogP contribution < -0.4 is 9.47 Å². The van der Waals surface area contributed by atoms with Crippen LogP contribution in [0.25, 0.3) is 0 Å². The Hall–Kier alpha value is -3.49. The third kappa shape index (κ3) is 7.24. The summed E-state index contributed by atoms with van der Waals surface area (Å²) in [6, 6.07) is 18.1. The first kappa shape index (κ1) is 30.5. The zero-order valence-electron chi connectivity index (χ0n) is 23.8. The van der Waals surface area contributed by atoms with E-state index >= 15 is 0 Å². The molecule has 7 nitrogen and oxygen atoms in total. The summed E-state index contributed by atoms with van der Waals surface area (Å²) in [6.45, 7) is 7.49. The highest BCUT2D eigenvalue weighted by Gasteiger charge is 2.39. The van der Waals surface area contributed by atoms with Gasteiger partial charge >= 0.3 is 12.1 Å². The van der Waals surface area contributed by atoms with Crippen molar-refractivity contribution in [3.05, 3.63) is 87.9 Å². The van der Waals surface area contributed by atoms with E-state index in [9.17, 15) is 19.5 Å². The molecule has 2 atom stereocenters. The minimum Gasteiger partial charge on any atom is -0.478 e. The fraction of sp³-hybridized carbons (Fsp3) is 0.344. The van der Waals surface area contributed by atoms with Crippen molar-refractivity contribution in [2.45, 2.75) is 50.5 Å².